The van der Waals surface area contributed by atoms with Crippen LogP contribution in [0.4, 0.5) is 5.69 Å². The summed E-state index contributed by atoms with van der Waals surface area (Å²) in [6.45, 7) is 0.736. The first-order valence-corrected chi connectivity index (χ1v) is 9.23. The van der Waals surface area contributed by atoms with Gasteiger partial charge in [0.25, 0.3) is 0 Å². The minimum Gasteiger partial charge on any atom is -0.457 e. The van der Waals surface area contributed by atoms with Gasteiger partial charge in [0.1, 0.15) is 11.5 Å². The Morgan fingerprint density at radius 3 is 2.39 bits per heavy atom. The monoisotopic (exact) mass is 373 g/mol. The van der Waals surface area contributed by atoms with Gasteiger partial charge in [-0.05, 0) is 48.4 Å². The number of nitrogens with zero attached hydrogens (tertiary/aromatic N) is 1. The predicted molar refractivity (Wildman–Crippen MR) is 113 cm³/mol. The molecule has 0 atom stereocenters. The van der Waals surface area contributed by atoms with Crippen molar-refractivity contribution in [2.24, 2.45) is 5.10 Å². The van der Waals surface area contributed by atoms with Crippen LogP contribution in [0.1, 0.15) is 18.4 Å². The number of hydrogen-bond acceptors (Lipinski definition) is 4. The molecule has 0 aliphatic heterocycles. The van der Waals surface area contributed by atoms with Gasteiger partial charge in [-0.2, -0.15) is 5.10 Å². The maximum absolute atomic E-state index is 11.9. The zero-order valence-corrected chi connectivity index (χ0v) is 15.5. The van der Waals surface area contributed by atoms with E-state index in [1.807, 2.05) is 84.9 Å². The third-order valence-electron chi connectivity index (χ3n) is 3.92. The Labute approximate surface area is 165 Å². The molecule has 5 heteroatoms. The molecule has 28 heavy (non-hydrogen) atoms. The molecule has 3 aromatic carbocycles. The molecule has 1 amide bonds. The van der Waals surface area contributed by atoms with E-state index in [0.717, 1.165) is 30.0 Å². The molecule has 0 heterocycles. The zero-order valence-electron chi connectivity index (χ0n) is 15.5. The van der Waals surface area contributed by atoms with Gasteiger partial charge in [0.05, 0.1) is 6.21 Å². The molecular weight excluding hydrogens is 350 g/mol. The van der Waals surface area contributed by atoms with Crippen molar-refractivity contribution >= 4 is 17.8 Å². The van der Waals surface area contributed by atoms with Crippen LogP contribution < -0.4 is 15.5 Å². The number of hydrazone groups is 1. The van der Waals surface area contributed by atoms with E-state index in [4.69, 9.17) is 4.74 Å². The first-order chi connectivity index (χ1) is 13.8. The zero-order chi connectivity index (χ0) is 19.4. The van der Waals surface area contributed by atoms with Gasteiger partial charge in [-0.3, -0.25) is 4.79 Å². The van der Waals surface area contributed by atoms with Gasteiger partial charge >= 0.3 is 0 Å². The normalized spacial score (nSPS) is 10.6. The third-order valence-corrected chi connectivity index (χ3v) is 3.92. The molecule has 5 nitrogen and oxygen atoms in total. The number of carbonyl (C=O) groups excluding carboxylic acids is 1. The van der Waals surface area contributed by atoms with Crippen molar-refractivity contribution in [2.75, 3.05) is 11.9 Å². The predicted octanol–water partition coefficient (Wildman–Crippen LogP) is 4.82. The molecule has 0 saturated carbocycles. The van der Waals surface area contributed by atoms with Crippen LogP contribution >= 0.6 is 0 Å². The van der Waals surface area contributed by atoms with Gasteiger partial charge in [0.2, 0.25) is 5.91 Å². The molecule has 3 aromatic rings. The Bertz CT molecular complexity index is 896. The summed E-state index contributed by atoms with van der Waals surface area (Å²) < 4.78 is 5.79. The molecule has 0 bridgehead atoms. The Balaban J connectivity index is 1.40. The molecule has 0 saturated heterocycles. The molecule has 0 aromatic heterocycles. The van der Waals surface area contributed by atoms with Crippen molar-refractivity contribution in [3.63, 3.8) is 0 Å². The van der Waals surface area contributed by atoms with Gasteiger partial charge in [0, 0.05) is 18.7 Å². The van der Waals surface area contributed by atoms with Gasteiger partial charge in [-0.15, -0.1) is 0 Å². The van der Waals surface area contributed by atoms with E-state index < -0.39 is 0 Å². The summed E-state index contributed by atoms with van der Waals surface area (Å²) in [6, 6.07) is 27.0. The average Bonchev–Trinajstić information content (AvgIpc) is 2.73. The maximum atomic E-state index is 11.9. The van der Waals surface area contributed by atoms with Crippen molar-refractivity contribution < 1.29 is 9.53 Å². The highest BCUT2D eigenvalue weighted by Gasteiger charge is 2.00. The van der Waals surface area contributed by atoms with Gasteiger partial charge in [-0.1, -0.05) is 48.5 Å². The number of para-hydroxylation sites is 2. The van der Waals surface area contributed by atoms with Crippen LogP contribution in [0, 0.1) is 0 Å². The number of nitrogens with one attached hydrogen (secondary N) is 2. The molecule has 142 valence electrons. The summed E-state index contributed by atoms with van der Waals surface area (Å²) in [5.74, 6) is 1.38. The summed E-state index contributed by atoms with van der Waals surface area (Å²) in [6.07, 6.45) is 2.75. The van der Waals surface area contributed by atoms with Gasteiger partial charge < -0.3 is 10.1 Å². The lowest BCUT2D eigenvalue weighted by Gasteiger charge is -2.06. The van der Waals surface area contributed by atoms with Crippen LogP contribution in [0.2, 0.25) is 0 Å². The van der Waals surface area contributed by atoms with Crippen molar-refractivity contribution in [3.8, 4) is 11.5 Å². The molecule has 0 fully saturated rings. The highest BCUT2D eigenvalue weighted by molar-refractivity contribution is 5.82. The van der Waals surface area contributed by atoms with Crippen LogP contribution in [-0.4, -0.2) is 18.7 Å². The summed E-state index contributed by atoms with van der Waals surface area (Å²) in [7, 11) is 0. The van der Waals surface area contributed by atoms with E-state index in [1.54, 1.807) is 6.21 Å². The van der Waals surface area contributed by atoms with Crippen LogP contribution in [0.5, 0.6) is 11.5 Å². The largest absolute Gasteiger partial charge is 0.457 e. The summed E-state index contributed by atoms with van der Waals surface area (Å²) in [5, 5.41) is 7.30. The Morgan fingerprint density at radius 2 is 1.61 bits per heavy atom. The van der Waals surface area contributed by atoms with Crippen molar-refractivity contribution in [1.82, 2.24) is 5.43 Å². The lowest BCUT2D eigenvalue weighted by Crippen LogP contribution is -2.18. The first-order valence-electron chi connectivity index (χ1n) is 9.23. The lowest BCUT2D eigenvalue weighted by atomic mass is 10.2. The third kappa shape index (κ3) is 6.61. The molecular formula is C23H23N3O2. The maximum Gasteiger partial charge on any atom is 0.240 e. The minimum absolute atomic E-state index is 0.109. The van der Waals surface area contributed by atoms with E-state index in [9.17, 15) is 4.79 Å². The van der Waals surface area contributed by atoms with Crippen LogP contribution in [0.3, 0.4) is 0 Å². The molecule has 0 radical (unpaired) electrons. The smallest absolute Gasteiger partial charge is 0.240 e. The second-order valence-electron chi connectivity index (χ2n) is 6.18. The topological polar surface area (TPSA) is 62.7 Å². The van der Waals surface area contributed by atoms with Crippen LogP contribution in [0.25, 0.3) is 0 Å². The minimum atomic E-state index is -0.109. The Morgan fingerprint density at radius 1 is 0.893 bits per heavy atom. The Hall–Kier alpha value is -3.60. The molecule has 0 aliphatic rings. The fourth-order valence-electron chi connectivity index (χ4n) is 2.56. The average molecular weight is 373 g/mol. The second-order valence-corrected chi connectivity index (χ2v) is 6.18. The van der Waals surface area contributed by atoms with Crippen molar-refractivity contribution in [1.29, 1.82) is 0 Å². The quantitative estimate of drug-likeness (QED) is 0.321. The number of hydrogen-bond donors (Lipinski definition) is 2. The number of rotatable bonds is 9. The highest BCUT2D eigenvalue weighted by atomic mass is 16.5. The lowest BCUT2D eigenvalue weighted by molar-refractivity contribution is -0.121. The van der Waals surface area contributed by atoms with E-state index >= 15 is 0 Å². The van der Waals surface area contributed by atoms with E-state index in [2.05, 4.69) is 15.8 Å². The highest BCUT2D eigenvalue weighted by Crippen LogP contribution is 2.21. The number of benzene rings is 3. The molecule has 3 rings (SSSR count). The molecule has 0 spiro atoms. The standard InChI is InChI=1S/C23H23N3O2/c27-23(15-8-16-24-20-10-3-1-4-11-20)26-25-18-19-9-7-14-22(17-19)28-21-12-5-2-6-13-21/h1-7,9-14,17-18,24H,8,15-16H2,(H,26,27)/b25-18-. The number of ether oxygens (including phenoxy) is 1. The van der Waals surface area contributed by atoms with Crippen molar-refractivity contribution in [2.45, 2.75) is 12.8 Å². The van der Waals surface area contributed by atoms with Gasteiger partial charge in [-0.25, -0.2) is 5.43 Å². The molecule has 2 N–H and O–H groups in total. The van der Waals surface area contributed by atoms with E-state index in [0.29, 0.717) is 12.2 Å². The SMILES string of the molecule is O=C(CCCNc1ccccc1)N/N=C\c1cccc(Oc2ccccc2)c1. The summed E-state index contributed by atoms with van der Waals surface area (Å²) in [4.78, 5) is 11.9. The fraction of sp³-hybridized carbons (Fsp3) is 0.130. The van der Waals surface area contributed by atoms with Crippen molar-refractivity contribution in [3.05, 3.63) is 90.5 Å². The Kier molecular flexibility index (Phi) is 7.21. The number of anilines is 1. The summed E-state index contributed by atoms with van der Waals surface area (Å²) >= 11 is 0. The summed E-state index contributed by atoms with van der Waals surface area (Å²) in [5.41, 5.74) is 4.46. The van der Waals surface area contributed by atoms with Gasteiger partial charge in [0.15, 0.2) is 0 Å². The molecule has 0 unspecified atom stereocenters. The second kappa shape index (κ2) is 10.5. The number of carbonyl (C=O) groups is 1. The van der Waals surface area contributed by atoms with E-state index in [-0.39, 0.29) is 5.91 Å². The van der Waals surface area contributed by atoms with Crippen LogP contribution in [0.15, 0.2) is 90.0 Å². The van der Waals surface area contributed by atoms with E-state index in [1.165, 1.54) is 0 Å². The number of amides is 1. The first kappa shape index (κ1) is 19.2. The van der Waals surface area contributed by atoms with Crippen LogP contribution in [-0.2, 0) is 4.79 Å². The fourth-order valence-corrected chi connectivity index (χ4v) is 2.56. The molecule has 0 aliphatic carbocycles.